The smallest absolute Gasteiger partial charge is 0.251 e. The summed E-state index contributed by atoms with van der Waals surface area (Å²) in [6.07, 6.45) is 2.05. The minimum atomic E-state index is -0.436. The van der Waals surface area contributed by atoms with E-state index in [0.717, 1.165) is 25.9 Å². The van der Waals surface area contributed by atoms with Crippen molar-refractivity contribution < 1.29 is 14.0 Å². The van der Waals surface area contributed by atoms with Crippen LogP contribution >= 0.6 is 0 Å². The summed E-state index contributed by atoms with van der Waals surface area (Å²) in [4.78, 5) is 25.2. The molecule has 0 bridgehead atoms. The monoisotopic (exact) mass is 277 g/mol. The highest BCUT2D eigenvalue weighted by atomic mass is 19.1. The summed E-state index contributed by atoms with van der Waals surface area (Å²) in [7, 11) is 0. The molecule has 2 amide bonds. The molecule has 0 atom stereocenters. The van der Waals surface area contributed by atoms with Crippen molar-refractivity contribution in [3.8, 4) is 0 Å². The number of carbonyl (C=O) groups is 2. The summed E-state index contributed by atoms with van der Waals surface area (Å²) in [5.74, 6) is -0.671. The van der Waals surface area contributed by atoms with Crippen LogP contribution in [0.4, 0.5) is 10.1 Å². The third-order valence-corrected chi connectivity index (χ3v) is 3.77. The third kappa shape index (κ3) is 2.33. The number of rotatable bonds is 3. The van der Waals surface area contributed by atoms with Crippen molar-refractivity contribution in [1.29, 1.82) is 0 Å². The largest absolute Gasteiger partial charge is 0.374 e. The highest BCUT2D eigenvalue weighted by Gasteiger charge is 2.22. The van der Waals surface area contributed by atoms with Crippen LogP contribution in [0.15, 0.2) is 12.1 Å². The number of nitrogens with zero attached hydrogens (tertiary/aromatic N) is 1. The summed E-state index contributed by atoms with van der Waals surface area (Å²) in [5, 5.41) is 5.43. The van der Waals surface area contributed by atoms with Crippen molar-refractivity contribution in [2.45, 2.75) is 19.4 Å². The first-order chi connectivity index (χ1) is 9.65. The maximum absolute atomic E-state index is 13.9. The lowest BCUT2D eigenvalue weighted by Gasteiger charge is -2.16. The van der Waals surface area contributed by atoms with E-state index < -0.39 is 5.82 Å². The Morgan fingerprint density at radius 2 is 2.10 bits per heavy atom. The van der Waals surface area contributed by atoms with Gasteiger partial charge in [-0.05, 0) is 30.5 Å². The topological polar surface area (TPSA) is 61.4 Å². The molecule has 2 N–H and O–H groups in total. The lowest BCUT2D eigenvalue weighted by Crippen LogP contribution is -2.33. The molecule has 6 heteroatoms. The van der Waals surface area contributed by atoms with Gasteiger partial charge in [0.25, 0.3) is 5.91 Å². The van der Waals surface area contributed by atoms with Gasteiger partial charge in [0.05, 0.1) is 12.2 Å². The summed E-state index contributed by atoms with van der Waals surface area (Å²) < 4.78 is 13.9. The van der Waals surface area contributed by atoms with Crippen molar-refractivity contribution >= 4 is 17.5 Å². The number of fused-ring (bicyclic) bond motifs is 1. The summed E-state index contributed by atoms with van der Waals surface area (Å²) >= 11 is 0. The predicted octanol–water partition coefficient (Wildman–Crippen LogP) is 1.10. The molecule has 2 aliphatic heterocycles. The first-order valence-corrected chi connectivity index (χ1v) is 6.77. The second kappa shape index (κ2) is 5.11. The molecule has 0 spiro atoms. The number of hydrogen-bond donors (Lipinski definition) is 2. The van der Waals surface area contributed by atoms with Crippen LogP contribution in [0.5, 0.6) is 0 Å². The van der Waals surface area contributed by atoms with Crippen molar-refractivity contribution in [3.05, 3.63) is 29.1 Å². The minimum absolute atomic E-state index is 0.0353. The zero-order valence-electron chi connectivity index (χ0n) is 11.0. The second-order valence-corrected chi connectivity index (χ2v) is 5.11. The van der Waals surface area contributed by atoms with Gasteiger partial charge in [0.2, 0.25) is 5.91 Å². The number of nitrogens with one attached hydrogen (secondary N) is 2. The van der Waals surface area contributed by atoms with Crippen LogP contribution in [0, 0.1) is 5.82 Å². The maximum Gasteiger partial charge on any atom is 0.251 e. The Kier molecular flexibility index (Phi) is 3.30. The van der Waals surface area contributed by atoms with Gasteiger partial charge in [-0.3, -0.25) is 9.59 Å². The van der Waals surface area contributed by atoms with Gasteiger partial charge in [-0.2, -0.15) is 0 Å². The molecule has 106 valence electrons. The van der Waals surface area contributed by atoms with E-state index in [0.29, 0.717) is 17.7 Å². The number of hydrogen-bond acceptors (Lipinski definition) is 3. The molecule has 0 aliphatic carbocycles. The number of amides is 2. The molecule has 1 aromatic rings. The number of halogens is 1. The van der Waals surface area contributed by atoms with Gasteiger partial charge in [-0.1, -0.05) is 0 Å². The maximum atomic E-state index is 13.9. The van der Waals surface area contributed by atoms with Crippen LogP contribution in [-0.4, -0.2) is 36.3 Å². The predicted molar refractivity (Wildman–Crippen MR) is 71.9 cm³/mol. The molecule has 0 radical (unpaired) electrons. The average Bonchev–Trinajstić information content (AvgIpc) is 3.07. The third-order valence-electron chi connectivity index (χ3n) is 3.77. The lowest BCUT2D eigenvalue weighted by molar-refractivity contribution is -0.128. The van der Waals surface area contributed by atoms with Gasteiger partial charge in [0.15, 0.2) is 0 Å². The quantitative estimate of drug-likeness (QED) is 0.870. The highest BCUT2D eigenvalue weighted by Crippen LogP contribution is 2.23. The van der Waals surface area contributed by atoms with Crippen LogP contribution in [0.25, 0.3) is 0 Å². The SMILES string of the molecule is O=C1NCc2cc(F)c(NCC(=O)N3CCCC3)cc21. The molecule has 0 unspecified atom stereocenters. The molecular weight excluding hydrogens is 261 g/mol. The van der Waals surface area contributed by atoms with E-state index >= 15 is 0 Å². The fourth-order valence-corrected chi connectivity index (χ4v) is 2.63. The van der Waals surface area contributed by atoms with Crippen LogP contribution < -0.4 is 10.6 Å². The molecule has 1 fully saturated rings. The number of benzene rings is 1. The van der Waals surface area contributed by atoms with E-state index in [4.69, 9.17) is 0 Å². The van der Waals surface area contributed by atoms with Crippen molar-refractivity contribution in [3.63, 3.8) is 0 Å². The van der Waals surface area contributed by atoms with Crippen molar-refractivity contribution in [1.82, 2.24) is 10.2 Å². The first kappa shape index (κ1) is 12.9. The van der Waals surface area contributed by atoms with Crippen molar-refractivity contribution in [2.24, 2.45) is 0 Å². The first-order valence-electron chi connectivity index (χ1n) is 6.77. The molecule has 3 rings (SSSR count). The highest BCUT2D eigenvalue weighted by molar-refractivity contribution is 5.99. The van der Waals surface area contributed by atoms with Crippen molar-refractivity contribution in [2.75, 3.05) is 25.0 Å². The van der Waals surface area contributed by atoms with Crippen LogP contribution in [0.2, 0.25) is 0 Å². The minimum Gasteiger partial charge on any atom is -0.374 e. The van der Waals surface area contributed by atoms with E-state index in [1.807, 2.05) is 0 Å². The second-order valence-electron chi connectivity index (χ2n) is 5.11. The van der Waals surface area contributed by atoms with E-state index in [1.54, 1.807) is 4.90 Å². The van der Waals surface area contributed by atoms with E-state index in [2.05, 4.69) is 10.6 Å². The standard InChI is InChI=1S/C14H16FN3O2/c15-11-5-9-7-17-14(20)10(9)6-12(11)16-8-13(19)18-3-1-2-4-18/h5-6,16H,1-4,7-8H2,(H,17,20). The molecule has 5 nitrogen and oxygen atoms in total. The zero-order valence-corrected chi connectivity index (χ0v) is 11.0. The van der Waals surface area contributed by atoms with Gasteiger partial charge >= 0.3 is 0 Å². The van der Waals surface area contributed by atoms with E-state index in [1.165, 1.54) is 12.1 Å². The Hall–Kier alpha value is -2.11. The zero-order chi connectivity index (χ0) is 14.1. The van der Waals surface area contributed by atoms with Crippen LogP contribution in [-0.2, 0) is 11.3 Å². The van der Waals surface area contributed by atoms with Crippen LogP contribution in [0.3, 0.4) is 0 Å². The van der Waals surface area contributed by atoms with Gasteiger partial charge in [0.1, 0.15) is 5.82 Å². The fourth-order valence-electron chi connectivity index (χ4n) is 2.63. The summed E-state index contributed by atoms with van der Waals surface area (Å²) in [6.45, 7) is 1.96. The van der Waals surface area contributed by atoms with E-state index in [-0.39, 0.29) is 24.0 Å². The molecule has 20 heavy (non-hydrogen) atoms. The summed E-state index contributed by atoms with van der Waals surface area (Å²) in [5.41, 5.74) is 1.33. The van der Waals surface area contributed by atoms with Gasteiger partial charge in [-0.15, -0.1) is 0 Å². The molecule has 1 aromatic carbocycles. The van der Waals surface area contributed by atoms with E-state index in [9.17, 15) is 14.0 Å². The van der Waals surface area contributed by atoms with Gasteiger partial charge in [-0.25, -0.2) is 4.39 Å². The lowest BCUT2D eigenvalue weighted by atomic mass is 10.1. The number of likely N-dealkylation sites (tertiary alicyclic amines) is 1. The fraction of sp³-hybridized carbons (Fsp3) is 0.429. The number of carbonyl (C=O) groups excluding carboxylic acids is 2. The van der Waals surface area contributed by atoms with Gasteiger partial charge in [0, 0.05) is 25.2 Å². The molecular formula is C14H16FN3O2. The Bertz CT molecular complexity index is 568. The Morgan fingerprint density at radius 1 is 1.35 bits per heavy atom. The molecule has 2 aliphatic rings. The average molecular weight is 277 g/mol. The Morgan fingerprint density at radius 3 is 2.85 bits per heavy atom. The number of anilines is 1. The molecule has 1 saturated heterocycles. The van der Waals surface area contributed by atoms with Gasteiger partial charge < -0.3 is 15.5 Å². The molecule has 2 heterocycles. The Balaban J connectivity index is 1.70. The Labute approximate surface area is 116 Å². The molecule has 0 aromatic heterocycles. The summed E-state index contributed by atoms with van der Waals surface area (Å²) in [6, 6.07) is 2.82. The van der Waals surface area contributed by atoms with Crippen LogP contribution in [0.1, 0.15) is 28.8 Å². The normalized spacial score (nSPS) is 17.1. The molecule has 0 saturated carbocycles.